The summed E-state index contributed by atoms with van der Waals surface area (Å²) in [5.74, 6) is -0.188. The van der Waals surface area contributed by atoms with Gasteiger partial charge in [-0.25, -0.2) is 4.79 Å². The molecular formula is C19H33N3O4. The maximum absolute atomic E-state index is 11.8. The number of amides is 3. The van der Waals surface area contributed by atoms with Crippen LogP contribution in [0, 0.1) is 0 Å². The van der Waals surface area contributed by atoms with E-state index in [0.29, 0.717) is 19.5 Å². The molecule has 7 nitrogen and oxygen atoms in total. The van der Waals surface area contributed by atoms with E-state index in [1.54, 1.807) is 26.8 Å². The van der Waals surface area contributed by atoms with Gasteiger partial charge in [0.25, 0.3) is 0 Å². The van der Waals surface area contributed by atoms with Gasteiger partial charge < -0.3 is 20.7 Å². The molecule has 0 saturated heterocycles. The molecule has 0 aliphatic heterocycles. The lowest BCUT2D eigenvalue weighted by Gasteiger charge is -2.19. The first kappa shape index (κ1) is 22.0. The number of hydrogen-bond acceptors (Lipinski definition) is 4. The van der Waals surface area contributed by atoms with E-state index in [1.807, 2.05) is 0 Å². The molecule has 1 saturated carbocycles. The summed E-state index contributed by atoms with van der Waals surface area (Å²) in [4.78, 5) is 34.9. The second kappa shape index (κ2) is 11.5. The Labute approximate surface area is 156 Å². The Morgan fingerprint density at radius 1 is 0.962 bits per heavy atom. The van der Waals surface area contributed by atoms with Gasteiger partial charge in [-0.15, -0.1) is 0 Å². The van der Waals surface area contributed by atoms with E-state index in [-0.39, 0.29) is 24.8 Å². The molecule has 0 aromatic rings. The summed E-state index contributed by atoms with van der Waals surface area (Å²) in [6.07, 6.45) is 7.72. The van der Waals surface area contributed by atoms with Crippen molar-refractivity contribution < 1.29 is 19.1 Å². The Morgan fingerprint density at radius 2 is 1.62 bits per heavy atom. The highest BCUT2D eigenvalue weighted by Crippen LogP contribution is 2.22. The van der Waals surface area contributed by atoms with Crippen LogP contribution in [0.25, 0.3) is 0 Å². The first-order chi connectivity index (χ1) is 12.3. The van der Waals surface area contributed by atoms with E-state index in [4.69, 9.17) is 4.74 Å². The molecule has 1 aliphatic carbocycles. The van der Waals surface area contributed by atoms with Crippen molar-refractivity contribution in [3.8, 4) is 0 Å². The third-order valence-electron chi connectivity index (χ3n) is 3.83. The van der Waals surface area contributed by atoms with Gasteiger partial charge in [0.1, 0.15) is 5.60 Å². The predicted octanol–water partition coefficient (Wildman–Crippen LogP) is 2.41. The molecule has 0 unspecified atom stereocenters. The van der Waals surface area contributed by atoms with Crippen molar-refractivity contribution in [2.45, 2.75) is 71.3 Å². The smallest absolute Gasteiger partial charge is 0.407 e. The molecule has 0 heterocycles. The summed E-state index contributed by atoms with van der Waals surface area (Å²) in [6.45, 7) is 6.59. The van der Waals surface area contributed by atoms with Crippen LogP contribution in [-0.4, -0.2) is 43.1 Å². The number of alkyl carbamates (subject to hydrolysis) is 1. The molecule has 1 aliphatic rings. The Bertz CT molecular complexity index is 501. The highest BCUT2D eigenvalue weighted by molar-refractivity contribution is 5.88. The van der Waals surface area contributed by atoms with Crippen LogP contribution in [0.1, 0.15) is 65.7 Å². The average Bonchev–Trinajstić information content (AvgIpc) is 2.53. The number of allylic oxidation sites excluding steroid dienone is 1. The fourth-order valence-electron chi connectivity index (χ4n) is 2.60. The molecule has 1 rings (SSSR count). The second-order valence-corrected chi connectivity index (χ2v) is 7.54. The third-order valence-corrected chi connectivity index (χ3v) is 3.83. The molecule has 148 valence electrons. The number of rotatable bonds is 8. The van der Waals surface area contributed by atoms with Gasteiger partial charge >= 0.3 is 6.09 Å². The first-order valence-corrected chi connectivity index (χ1v) is 9.47. The monoisotopic (exact) mass is 367 g/mol. The van der Waals surface area contributed by atoms with Gasteiger partial charge in [-0.1, -0.05) is 12.0 Å². The average molecular weight is 367 g/mol. The van der Waals surface area contributed by atoms with Crippen molar-refractivity contribution >= 4 is 17.9 Å². The highest BCUT2D eigenvalue weighted by Gasteiger charge is 2.15. The van der Waals surface area contributed by atoms with Gasteiger partial charge in [0.15, 0.2) is 0 Å². The Balaban J connectivity index is 2.02. The van der Waals surface area contributed by atoms with Gasteiger partial charge in [-0.3, -0.25) is 9.59 Å². The fourth-order valence-corrected chi connectivity index (χ4v) is 2.60. The minimum absolute atomic E-state index is 0.0465. The minimum atomic E-state index is -0.552. The fraction of sp³-hybridized carbons (Fsp3) is 0.737. The van der Waals surface area contributed by atoms with E-state index in [1.165, 1.54) is 24.8 Å². The van der Waals surface area contributed by atoms with Crippen LogP contribution in [0.2, 0.25) is 0 Å². The molecule has 0 radical (unpaired) electrons. The zero-order chi connectivity index (χ0) is 19.4. The van der Waals surface area contributed by atoms with Crippen LogP contribution < -0.4 is 16.0 Å². The maximum Gasteiger partial charge on any atom is 0.407 e. The number of carbonyl (C=O) groups is 3. The molecule has 0 bridgehead atoms. The minimum Gasteiger partial charge on any atom is -0.444 e. The molecule has 0 aromatic heterocycles. The zero-order valence-electron chi connectivity index (χ0n) is 16.3. The van der Waals surface area contributed by atoms with Crippen LogP contribution in [0.5, 0.6) is 0 Å². The van der Waals surface area contributed by atoms with Crippen LogP contribution in [0.3, 0.4) is 0 Å². The molecule has 0 aromatic carbocycles. The van der Waals surface area contributed by atoms with E-state index in [9.17, 15) is 14.4 Å². The number of ether oxygens (including phenoxy) is 1. The van der Waals surface area contributed by atoms with Crippen molar-refractivity contribution in [3.05, 3.63) is 11.6 Å². The molecule has 0 atom stereocenters. The van der Waals surface area contributed by atoms with Crippen LogP contribution >= 0.6 is 0 Å². The normalized spacial score (nSPS) is 14.3. The molecule has 26 heavy (non-hydrogen) atoms. The second-order valence-electron chi connectivity index (χ2n) is 7.54. The lowest BCUT2D eigenvalue weighted by molar-refractivity contribution is -0.120. The molecular weight excluding hydrogens is 334 g/mol. The molecule has 0 spiro atoms. The number of hydrogen-bond donors (Lipinski definition) is 3. The van der Waals surface area contributed by atoms with Crippen molar-refractivity contribution in [3.63, 3.8) is 0 Å². The lowest BCUT2D eigenvalue weighted by Crippen LogP contribution is -2.35. The van der Waals surface area contributed by atoms with Gasteiger partial charge in [0.05, 0.1) is 0 Å². The Morgan fingerprint density at radius 3 is 2.27 bits per heavy atom. The quantitative estimate of drug-likeness (QED) is 0.453. The van der Waals surface area contributed by atoms with Crippen molar-refractivity contribution in [1.82, 2.24) is 16.0 Å². The third kappa shape index (κ3) is 11.5. The summed E-state index contributed by atoms with van der Waals surface area (Å²) in [5.41, 5.74) is 0.684. The van der Waals surface area contributed by atoms with E-state index < -0.39 is 11.7 Å². The number of carbonyl (C=O) groups excluding carboxylic acids is 3. The van der Waals surface area contributed by atoms with E-state index in [2.05, 4.69) is 16.0 Å². The first-order valence-electron chi connectivity index (χ1n) is 9.47. The van der Waals surface area contributed by atoms with Crippen molar-refractivity contribution in [1.29, 1.82) is 0 Å². The van der Waals surface area contributed by atoms with E-state index in [0.717, 1.165) is 12.8 Å². The standard InChI is InChI=1S/C19H33N3O4/c1-19(2,3)26-18(25)22-13-10-16(23)20-11-7-12-21-17(24)14-15-8-5-4-6-9-15/h14H,4-13H2,1-3H3,(H,20,23)(H,21,24)(H,22,25). The van der Waals surface area contributed by atoms with Gasteiger partial charge in [0, 0.05) is 32.1 Å². The topological polar surface area (TPSA) is 96.5 Å². The Kier molecular flexibility index (Phi) is 9.76. The van der Waals surface area contributed by atoms with Gasteiger partial charge in [0.2, 0.25) is 11.8 Å². The molecule has 1 fully saturated rings. The zero-order valence-corrected chi connectivity index (χ0v) is 16.3. The maximum atomic E-state index is 11.8. The highest BCUT2D eigenvalue weighted by atomic mass is 16.6. The van der Waals surface area contributed by atoms with Gasteiger partial charge in [-0.2, -0.15) is 0 Å². The van der Waals surface area contributed by atoms with Gasteiger partial charge in [-0.05, 0) is 52.9 Å². The summed E-state index contributed by atoms with van der Waals surface area (Å²) < 4.78 is 5.08. The summed E-state index contributed by atoms with van der Waals surface area (Å²) in [6, 6.07) is 0. The van der Waals surface area contributed by atoms with Crippen LogP contribution in [-0.2, 0) is 14.3 Å². The van der Waals surface area contributed by atoms with E-state index >= 15 is 0 Å². The lowest BCUT2D eigenvalue weighted by atomic mass is 9.95. The summed E-state index contributed by atoms with van der Waals surface area (Å²) >= 11 is 0. The van der Waals surface area contributed by atoms with Crippen LogP contribution in [0.15, 0.2) is 11.6 Å². The summed E-state index contributed by atoms with van der Waals surface area (Å²) in [7, 11) is 0. The molecule has 3 N–H and O–H groups in total. The molecule has 3 amide bonds. The molecule has 7 heteroatoms. The SMILES string of the molecule is CC(C)(C)OC(=O)NCCC(=O)NCCCNC(=O)C=C1CCCCC1. The summed E-state index contributed by atoms with van der Waals surface area (Å²) in [5, 5.41) is 8.15. The Hall–Kier alpha value is -2.05. The van der Waals surface area contributed by atoms with Crippen molar-refractivity contribution in [2.24, 2.45) is 0 Å². The van der Waals surface area contributed by atoms with Crippen LogP contribution in [0.4, 0.5) is 4.79 Å². The number of nitrogens with one attached hydrogen (secondary N) is 3. The largest absolute Gasteiger partial charge is 0.444 e. The van der Waals surface area contributed by atoms with Crippen molar-refractivity contribution in [2.75, 3.05) is 19.6 Å². The predicted molar refractivity (Wildman–Crippen MR) is 101 cm³/mol.